The second-order valence-electron chi connectivity index (χ2n) is 24.2. The molecule has 9 rings (SSSR count). The molecular formula is C66H82N10O10. The van der Waals surface area contributed by atoms with Crippen molar-refractivity contribution in [1.82, 2.24) is 51.5 Å². The highest BCUT2D eigenvalue weighted by atomic mass is 16.2. The highest BCUT2D eigenvalue weighted by molar-refractivity contribution is 6.00. The topological polar surface area (TPSA) is 256 Å². The van der Waals surface area contributed by atoms with Crippen molar-refractivity contribution in [3.8, 4) is 0 Å². The van der Waals surface area contributed by atoms with Gasteiger partial charge in [0.1, 0.15) is 60.4 Å². The minimum Gasteiger partial charge on any atom is -0.342 e. The van der Waals surface area contributed by atoms with Crippen LogP contribution in [-0.4, -0.2) is 165 Å². The maximum atomic E-state index is 14.9. The molecule has 0 aliphatic carbocycles. The van der Waals surface area contributed by atoms with Crippen LogP contribution in [0.4, 0.5) is 0 Å². The SMILES string of the molecule is CC(C)[C@@H]1NC(=O)[C@H](Cc2ccccc2)NC(=O)[C@H](Cc2ccccc2)NC(=O)[C@@H]2CCCN2C(=O)C2CCCN2C(=O)[C@H](C(C)C)NC(=O)[C@H](Cc2ccccc2)NC(=O)[C@H](Cc2ccccc2)NC(=O)[C@@H]2CCCN2C(=O)C2CCCN2C1=O. The van der Waals surface area contributed by atoms with Crippen LogP contribution in [0.3, 0.4) is 0 Å². The summed E-state index contributed by atoms with van der Waals surface area (Å²) in [6.45, 7) is 7.94. The normalized spacial score (nSPS) is 27.1. The molecule has 5 heterocycles. The van der Waals surface area contributed by atoms with Crippen LogP contribution in [0, 0.1) is 11.8 Å². The molecule has 456 valence electrons. The van der Waals surface area contributed by atoms with Crippen molar-refractivity contribution in [2.45, 2.75) is 165 Å². The Balaban J connectivity index is 1.07. The second kappa shape index (κ2) is 28.6. The number of hydrogen-bond donors (Lipinski definition) is 6. The van der Waals surface area contributed by atoms with Crippen LogP contribution in [0.15, 0.2) is 121 Å². The van der Waals surface area contributed by atoms with Gasteiger partial charge >= 0.3 is 0 Å². The molecule has 2 unspecified atom stereocenters. The number of fused-ring (bicyclic) bond motifs is 4. The molecule has 0 spiro atoms. The number of carbonyl (C=O) groups is 10. The van der Waals surface area contributed by atoms with Gasteiger partial charge in [0.15, 0.2) is 0 Å². The first-order valence-corrected chi connectivity index (χ1v) is 30.7. The maximum absolute atomic E-state index is 14.9. The number of nitrogens with zero attached hydrogens (tertiary/aromatic N) is 4. The minimum atomic E-state index is -1.26. The van der Waals surface area contributed by atoms with Gasteiger partial charge in [-0.1, -0.05) is 149 Å². The zero-order valence-corrected chi connectivity index (χ0v) is 49.7. The maximum Gasteiger partial charge on any atom is 0.246 e. The van der Waals surface area contributed by atoms with E-state index in [0.29, 0.717) is 60.8 Å². The summed E-state index contributed by atoms with van der Waals surface area (Å²) in [6, 6.07) is 25.0. The van der Waals surface area contributed by atoms with Gasteiger partial charge in [-0.05, 0) is 85.5 Å². The van der Waals surface area contributed by atoms with Crippen molar-refractivity contribution in [1.29, 1.82) is 0 Å². The van der Waals surface area contributed by atoms with E-state index in [1.165, 1.54) is 19.6 Å². The molecular weight excluding hydrogens is 1090 g/mol. The molecule has 10 atom stereocenters. The third-order valence-corrected chi connectivity index (χ3v) is 17.4. The Bertz CT molecular complexity index is 2870. The van der Waals surface area contributed by atoms with Gasteiger partial charge in [-0.15, -0.1) is 0 Å². The number of hydrogen-bond acceptors (Lipinski definition) is 10. The van der Waals surface area contributed by atoms with Crippen LogP contribution in [0.5, 0.6) is 0 Å². The largest absolute Gasteiger partial charge is 0.342 e. The minimum absolute atomic E-state index is 0.0116. The molecule has 0 saturated carbocycles. The lowest BCUT2D eigenvalue weighted by molar-refractivity contribution is -0.149. The lowest BCUT2D eigenvalue weighted by atomic mass is 9.99. The van der Waals surface area contributed by atoms with Crippen LogP contribution in [-0.2, 0) is 73.6 Å². The van der Waals surface area contributed by atoms with E-state index in [9.17, 15) is 47.9 Å². The van der Waals surface area contributed by atoms with Gasteiger partial charge in [0.25, 0.3) is 0 Å². The summed E-state index contributed by atoms with van der Waals surface area (Å²) in [7, 11) is 0. The molecule has 10 amide bonds. The molecule has 5 aliphatic heterocycles. The van der Waals surface area contributed by atoms with Crippen LogP contribution >= 0.6 is 0 Å². The monoisotopic (exact) mass is 1170 g/mol. The number of benzene rings is 4. The fraction of sp³-hybridized carbons (Fsp3) is 0.485. The van der Waals surface area contributed by atoms with E-state index in [-0.39, 0.29) is 64.7 Å². The van der Waals surface area contributed by atoms with Gasteiger partial charge in [-0.3, -0.25) is 47.9 Å². The van der Waals surface area contributed by atoms with E-state index in [2.05, 4.69) is 31.9 Å². The summed E-state index contributed by atoms with van der Waals surface area (Å²) in [4.78, 5) is 155. The molecule has 4 aromatic carbocycles. The number of amides is 10. The third kappa shape index (κ3) is 15.0. The lowest BCUT2D eigenvalue weighted by Crippen LogP contribution is -2.62. The highest BCUT2D eigenvalue weighted by Gasteiger charge is 2.47. The molecule has 5 fully saturated rings. The van der Waals surface area contributed by atoms with Crippen LogP contribution in [0.1, 0.15) is 101 Å². The number of carbonyl (C=O) groups excluding carboxylic acids is 10. The van der Waals surface area contributed by atoms with Crippen molar-refractivity contribution in [3.63, 3.8) is 0 Å². The van der Waals surface area contributed by atoms with Crippen molar-refractivity contribution in [3.05, 3.63) is 144 Å². The molecule has 5 saturated heterocycles. The second-order valence-corrected chi connectivity index (χ2v) is 24.2. The number of rotatable bonds is 10. The van der Waals surface area contributed by atoms with E-state index in [1.807, 2.05) is 97.1 Å². The third-order valence-electron chi connectivity index (χ3n) is 17.4. The van der Waals surface area contributed by atoms with Crippen LogP contribution < -0.4 is 31.9 Å². The summed E-state index contributed by atoms with van der Waals surface area (Å²) in [5.74, 6) is -6.73. The highest BCUT2D eigenvalue weighted by Crippen LogP contribution is 2.29. The molecule has 0 aromatic heterocycles. The van der Waals surface area contributed by atoms with Gasteiger partial charge in [0.2, 0.25) is 59.1 Å². The summed E-state index contributed by atoms with van der Waals surface area (Å²) >= 11 is 0. The Hall–Kier alpha value is -8.42. The van der Waals surface area contributed by atoms with Gasteiger partial charge in [-0.2, -0.15) is 0 Å². The van der Waals surface area contributed by atoms with E-state index >= 15 is 0 Å². The summed E-state index contributed by atoms with van der Waals surface area (Å²) in [5, 5.41) is 17.6. The van der Waals surface area contributed by atoms with Crippen molar-refractivity contribution >= 4 is 59.1 Å². The first kappa shape index (κ1) is 62.1. The molecule has 20 heteroatoms. The summed E-state index contributed by atoms with van der Waals surface area (Å²) in [5.41, 5.74) is 2.83. The first-order valence-electron chi connectivity index (χ1n) is 30.7. The smallest absolute Gasteiger partial charge is 0.246 e. The zero-order valence-electron chi connectivity index (χ0n) is 49.7. The molecule has 20 nitrogen and oxygen atoms in total. The predicted octanol–water partition coefficient (Wildman–Crippen LogP) is 3.16. The van der Waals surface area contributed by atoms with E-state index < -0.39 is 131 Å². The standard InChI is InChI=1S/C66H82N10O10/c1-41(2)55-65(85)75-35-19-31-53(75)63(83)73-33-17-29-51(73)61(81)70-48(38-44-23-11-6-12-24-44)58(78)68-50(40-46-27-15-8-16-28-46)60(80)72-56(42(3)4)66(86)76-36-20-32-54(76)64(84)74-34-18-30-52(74)62(82)69-47(37-43-21-9-5-10-22-43)57(77)67-49(59(79)71-55)39-45-25-13-7-14-26-45/h5-16,21-28,41-42,47-56H,17-20,29-40H2,1-4H3,(H,67,77)(H,68,78)(H,69,82)(H,70,81)(H,71,79)(H,72,80)/t47-,48-,49-,50-,51-,52-,53?,54?,55-,56-/m0/s1. The van der Waals surface area contributed by atoms with Gasteiger partial charge in [0, 0.05) is 51.9 Å². The average molecular weight is 1180 g/mol. The summed E-state index contributed by atoms with van der Waals surface area (Å²) in [6.07, 6.45) is 3.10. The van der Waals surface area contributed by atoms with Crippen molar-refractivity contribution in [2.75, 3.05) is 26.2 Å². The molecule has 5 aliphatic rings. The zero-order chi connectivity index (χ0) is 61.0. The van der Waals surface area contributed by atoms with Crippen molar-refractivity contribution in [2.24, 2.45) is 11.8 Å². The van der Waals surface area contributed by atoms with Gasteiger partial charge < -0.3 is 51.5 Å². The van der Waals surface area contributed by atoms with Crippen molar-refractivity contribution < 1.29 is 47.9 Å². The van der Waals surface area contributed by atoms with Crippen LogP contribution in [0.2, 0.25) is 0 Å². The Morgan fingerprint density at radius 3 is 0.814 bits per heavy atom. The molecule has 4 aromatic rings. The van der Waals surface area contributed by atoms with Crippen LogP contribution in [0.25, 0.3) is 0 Å². The van der Waals surface area contributed by atoms with E-state index in [1.54, 1.807) is 52.0 Å². The lowest BCUT2D eigenvalue weighted by Gasteiger charge is -2.35. The molecule has 0 bridgehead atoms. The molecule has 0 radical (unpaired) electrons. The average Bonchev–Trinajstić information content (AvgIpc) is 3.22. The Morgan fingerprint density at radius 1 is 0.314 bits per heavy atom. The first-order chi connectivity index (χ1) is 41.4. The quantitative estimate of drug-likeness (QED) is 0.135. The Kier molecular flexibility index (Phi) is 20.7. The molecule has 86 heavy (non-hydrogen) atoms. The Labute approximate surface area is 503 Å². The number of nitrogens with one attached hydrogen (secondary N) is 6. The Morgan fingerprint density at radius 2 is 0.547 bits per heavy atom. The summed E-state index contributed by atoms with van der Waals surface area (Å²) < 4.78 is 0. The fourth-order valence-electron chi connectivity index (χ4n) is 12.8. The van der Waals surface area contributed by atoms with E-state index in [0.717, 1.165) is 0 Å². The van der Waals surface area contributed by atoms with Gasteiger partial charge in [-0.25, -0.2) is 0 Å². The van der Waals surface area contributed by atoms with Gasteiger partial charge in [0.05, 0.1) is 0 Å². The van der Waals surface area contributed by atoms with E-state index in [4.69, 9.17) is 0 Å². The predicted molar refractivity (Wildman–Crippen MR) is 321 cm³/mol. The molecule has 6 N–H and O–H groups in total. The fourth-order valence-corrected chi connectivity index (χ4v) is 12.8.